The van der Waals surface area contributed by atoms with Gasteiger partial charge in [0.05, 0.1) is 6.42 Å². The predicted octanol–water partition coefficient (Wildman–Crippen LogP) is 1.82. The maximum atomic E-state index is 9.99. The van der Waals surface area contributed by atoms with E-state index in [0.717, 1.165) is 12.2 Å². The molecule has 0 unspecified atom stereocenters. The van der Waals surface area contributed by atoms with Crippen LogP contribution in [0.25, 0.3) is 0 Å². The highest BCUT2D eigenvalue weighted by Gasteiger charge is 1.95. The minimum Gasteiger partial charge on any atom is -0.481 e. The summed E-state index contributed by atoms with van der Waals surface area (Å²) in [6, 6.07) is 0. The first-order valence-corrected chi connectivity index (χ1v) is 4.82. The van der Waals surface area contributed by atoms with Crippen LogP contribution < -0.4 is 0 Å². The van der Waals surface area contributed by atoms with Gasteiger partial charge < -0.3 is 5.11 Å². The third kappa shape index (κ3) is 8.11. The van der Waals surface area contributed by atoms with Crippen LogP contribution in [0.5, 0.6) is 0 Å². The van der Waals surface area contributed by atoms with E-state index in [4.69, 9.17) is 16.7 Å². The molecule has 0 saturated heterocycles. The van der Waals surface area contributed by atoms with Crippen molar-refractivity contribution >= 4 is 29.3 Å². The van der Waals surface area contributed by atoms with E-state index < -0.39 is 5.97 Å². The normalized spacial score (nSPS) is 9.70. The van der Waals surface area contributed by atoms with E-state index in [0.29, 0.717) is 11.6 Å². The molecule has 60 valence electrons. The summed E-state index contributed by atoms with van der Waals surface area (Å²) in [6.07, 6.45) is 1.22. The van der Waals surface area contributed by atoms with Crippen molar-refractivity contribution in [1.82, 2.24) is 0 Å². The van der Waals surface area contributed by atoms with Gasteiger partial charge in [-0.3, -0.25) is 4.79 Å². The number of carboxylic acids is 1. The van der Waals surface area contributed by atoms with Gasteiger partial charge in [0.2, 0.25) is 0 Å². The fourth-order valence-corrected chi connectivity index (χ4v) is 1.58. The lowest BCUT2D eigenvalue weighted by molar-refractivity contribution is -0.136. The standard InChI is InChI=1S/C6H11ClO2S/c7-3-1-4-10-5-2-6(8)9/h1-5H2,(H,8,9). The Hall–Kier alpha value is 0.110. The van der Waals surface area contributed by atoms with Gasteiger partial charge in [-0.15, -0.1) is 11.6 Å². The molecule has 0 amide bonds. The van der Waals surface area contributed by atoms with Gasteiger partial charge in [-0.05, 0) is 12.2 Å². The lowest BCUT2D eigenvalue weighted by Gasteiger charge is -1.95. The average Bonchev–Trinajstić information content (AvgIpc) is 1.87. The zero-order valence-corrected chi connectivity index (χ0v) is 7.25. The molecule has 0 fully saturated rings. The van der Waals surface area contributed by atoms with Crippen LogP contribution in [0, 0.1) is 0 Å². The second kappa shape index (κ2) is 7.22. The molecule has 0 spiro atoms. The van der Waals surface area contributed by atoms with Crippen molar-refractivity contribution in [1.29, 1.82) is 0 Å². The van der Waals surface area contributed by atoms with E-state index in [1.807, 2.05) is 0 Å². The number of rotatable bonds is 6. The van der Waals surface area contributed by atoms with Crippen molar-refractivity contribution < 1.29 is 9.90 Å². The lowest BCUT2D eigenvalue weighted by Crippen LogP contribution is -1.96. The Kier molecular flexibility index (Phi) is 7.30. The number of carbonyl (C=O) groups is 1. The second-order valence-electron chi connectivity index (χ2n) is 1.80. The van der Waals surface area contributed by atoms with E-state index in [-0.39, 0.29) is 6.42 Å². The third-order valence-electron chi connectivity index (χ3n) is 0.883. The minimum atomic E-state index is -0.724. The van der Waals surface area contributed by atoms with Crippen LogP contribution in [0.15, 0.2) is 0 Å². The van der Waals surface area contributed by atoms with Crippen molar-refractivity contribution in [2.45, 2.75) is 12.8 Å². The van der Waals surface area contributed by atoms with E-state index in [1.54, 1.807) is 11.8 Å². The first kappa shape index (κ1) is 10.1. The Morgan fingerprint density at radius 1 is 1.50 bits per heavy atom. The fraction of sp³-hybridized carbons (Fsp3) is 0.833. The quantitative estimate of drug-likeness (QED) is 0.503. The maximum absolute atomic E-state index is 9.99. The molecule has 0 saturated carbocycles. The molecule has 4 heteroatoms. The molecule has 0 aliphatic rings. The van der Waals surface area contributed by atoms with Gasteiger partial charge in [0, 0.05) is 11.6 Å². The Bertz CT molecular complexity index is 97.7. The zero-order chi connectivity index (χ0) is 7.82. The molecule has 1 N–H and O–H groups in total. The Morgan fingerprint density at radius 2 is 2.20 bits per heavy atom. The Morgan fingerprint density at radius 3 is 2.70 bits per heavy atom. The van der Waals surface area contributed by atoms with Gasteiger partial charge >= 0.3 is 5.97 Å². The van der Waals surface area contributed by atoms with Crippen LogP contribution in [-0.2, 0) is 4.79 Å². The van der Waals surface area contributed by atoms with Crippen molar-refractivity contribution in [3.63, 3.8) is 0 Å². The molecule has 0 atom stereocenters. The zero-order valence-electron chi connectivity index (χ0n) is 5.68. The lowest BCUT2D eigenvalue weighted by atomic mass is 10.5. The van der Waals surface area contributed by atoms with Gasteiger partial charge in [-0.1, -0.05) is 0 Å². The number of hydrogen-bond donors (Lipinski definition) is 1. The molecule has 2 nitrogen and oxygen atoms in total. The summed E-state index contributed by atoms with van der Waals surface area (Å²) in [5, 5.41) is 8.23. The van der Waals surface area contributed by atoms with Gasteiger partial charge in [0.25, 0.3) is 0 Å². The number of carboxylic acid groups (broad SMARTS) is 1. The van der Waals surface area contributed by atoms with Crippen LogP contribution in [0.2, 0.25) is 0 Å². The monoisotopic (exact) mass is 182 g/mol. The molecular formula is C6H11ClO2S. The van der Waals surface area contributed by atoms with Crippen LogP contribution in [-0.4, -0.2) is 28.5 Å². The third-order valence-corrected chi connectivity index (χ3v) is 2.22. The van der Waals surface area contributed by atoms with Crippen LogP contribution in [0.3, 0.4) is 0 Å². The van der Waals surface area contributed by atoms with Crippen LogP contribution in [0.1, 0.15) is 12.8 Å². The minimum absolute atomic E-state index is 0.257. The molecule has 0 bridgehead atoms. The van der Waals surface area contributed by atoms with E-state index in [9.17, 15) is 4.79 Å². The molecule has 0 heterocycles. The molecule has 0 aliphatic heterocycles. The number of alkyl halides is 1. The molecule has 0 aliphatic carbocycles. The molecule has 0 radical (unpaired) electrons. The van der Waals surface area contributed by atoms with Crippen molar-refractivity contribution in [3.05, 3.63) is 0 Å². The van der Waals surface area contributed by atoms with E-state index in [1.165, 1.54) is 0 Å². The van der Waals surface area contributed by atoms with Gasteiger partial charge in [-0.25, -0.2) is 0 Å². The van der Waals surface area contributed by atoms with Crippen LogP contribution in [0.4, 0.5) is 0 Å². The predicted molar refractivity (Wildman–Crippen MR) is 44.9 cm³/mol. The van der Waals surface area contributed by atoms with Crippen LogP contribution >= 0.6 is 23.4 Å². The highest BCUT2D eigenvalue weighted by Crippen LogP contribution is 2.04. The Labute approximate surface area is 69.9 Å². The molecule has 0 aromatic carbocycles. The first-order valence-electron chi connectivity index (χ1n) is 3.13. The molecular weight excluding hydrogens is 172 g/mol. The molecule has 0 rings (SSSR count). The second-order valence-corrected chi connectivity index (χ2v) is 3.40. The molecule has 0 aromatic rings. The van der Waals surface area contributed by atoms with Crippen molar-refractivity contribution in [2.24, 2.45) is 0 Å². The summed E-state index contributed by atoms with van der Waals surface area (Å²) >= 11 is 7.05. The summed E-state index contributed by atoms with van der Waals surface area (Å²) in [7, 11) is 0. The number of hydrogen-bond acceptors (Lipinski definition) is 2. The highest BCUT2D eigenvalue weighted by molar-refractivity contribution is 7.99. The van der Waals surface area contributed by atoms with E-state index >= 15 is 0 Å². The number of halogens is 1. The summed E-state index contributed by atoms with van der Waals surface area (Å²) in [5.41, 5.74) is 0. The largest absolute Gasteiger partial charge is 0.481 e. The Balaban J connectivity index is 2.84. The van der Waals surface area contributed by atoms with Gasteiger partial charge in [-0.2, -0.15) is 11.8 Å². The highest BCUT2D eigenvalue weighted by atomic mass is 35.5. The number of aliphatic carboxylic acids is 1. The smallest absolute Gasteiger partial charge is 0.304 e. The summed E-state index contributed by atoms with van der Waals surface area (Å²) in [6.45, 7) is 0. The number of thioether (sulfide) groups is 1. The first-order chi connectivity index (χ1) is 4.77. The maximum Gasteiger partial charge on any atom is 0.304 e. The SMILES string of the molecule is O=C(O)CCSCCCCl. The summed E-state index contributed by atoms with van der Waals surface area (Å²) in [4.78, 5) is 9.99. The summed E-state index contributed by atoms with van der Waals surface area (Å²) < 4.78 is 0. The summed E-state index contributed by atoms with van der Waals surface area (Å²) in [5.74, 6) is 1.61. The average molecular weight is 183 g/mol. The fourth-order valence-electron chi connectivity index (χ4n) is 0.418. The van der Waals surface area contributed by atoms with Crippen molar-refractivity contribution in [3.8, 4) is 0 Å². The van der Waals surface area contributed by atoms with Crippen molar-refractivity contribution in [2.75, 3.05) is 17.4 Å². The molecule has 10 heavy (non-hydrogen) atoms. The van der Waals surface area contributed by atoms with E-state index in [2.05, 4.69) is 0 Å². The van der Waals surface area contributed by atoms with Gasteiger partial charge in [0.1, 0.15) is 0 Å². The van der Waals surface area contributed by atoms with Gasteiger partial charge in [0.15, 0.2) is 0 Å². The topological polar surface area (TPSA) is 37.3 Å². The molecule has 0 aromatic heterocycles.